The number of carbonyl (C=O) groups is 1. The Bertz CT molecular complexity index is 267. The zero-order valence-corrected chi connectivity index (χ0v) is 16.7. The molecule has 1 atom stereocenters. The van der Waals surface area contributed by atoms with Crippen LogP contribution in [0.5, 0.6) is 0 Å². The summed E-state index contributed by atoms with van der Waals surface area (Å²) in [6, 6.07) is 0. The molecule has 3 nitrogen and oxygen atoms in total. The molecule has 0 spiro atoms. The van der Waals surface area contributed by atoms with Gasteiger partial charge in [0.25, 0.3) is 0 Å². The first kappa shape index (κ1) is 24.4. The van der Waals surface area contributed by atoms with Crippen molar-refractivity contribution in [1.82, 2.24) is 0 Å². The molecule has 0 aliphatic rings. The molecule has 0 amide bonds. The fourth-order valence-electron chi connectivity index (χ4n) is 2.42. The molecule has 0 radical (unpaired) electrons. The number of carboxylic acid groups (broad SMARTS) is 1. The van der Waals surface area contributed by atoms with Crippen molar-refractivity contribution in [3.8, 4) is 0 Å². The van der Waals surface area contributed by atoms with E-state index < -0.39 is 5.97 Å². The first-order chi connectivity index (χ1) is 10.2. The Morgan fingerprint density at radius 2 is 1.50 bits per heavy atom. The number of allylic oxidation sites excluding steroid dienone is 2. The van der Waals surface area contributed by atoms with Gasteiger partial charge in [-0.2, -0.15) is 0 Å². The van der Waals surface area contributed by atoms with E-state index in [1.54, 1.807) is 0 Å². The Hall–Kier alpha value is 0.170. The summed E-state index contributed by atoms with van der Waals surface area (Å²) in [6.45, 7) is 2.11. The van der Waals surface area contributed by atoms with Crippen LogP contribution in [0.4, 0.5) is 0 Å². The number of carboxylic acids is 1. The number of unbranched alkanes of at least 4 members (excludes halogenated alkanes) is 7. The van der Waals surface area contributed by atoms with E-state index in [9.17, 15) is 15.0 Å². The fraction of sp³-hybridized carbons (Fsp3) is 0.833. The van der Waals surface area contributed by atoms with E-state index in [1.165, 1.54) is 19.3 Å². The van der Waals surface area contributed by atoms with Gasteiger partial charge in [0.15, 0.2) is 0 Å². The summed E-state index contributed by atoms with van der Waals surface area (Å²) in [6.07, 6.45) is 17.3. The van der Waals surface area contributed by atoms with Crippen molar-refractivity contribution in [3.63, 3.8) is 0 Å². The monoisotopic (exact) mass is 320 g/mol. The average molecular weight is 320 g/mol. The standard InChI is InChI=1S/C18H34O3.Na/c1-2-14-17(19)15-12-10-8-6-4-3-5-7-9-11-13-16-18(20)21;/h4,6,17,19H,2-3,5,7-16H2,1H3,(H,20,21);/q;+1/p-1/b6-4-;. The van der Waals surface area contributed by atoms with Crippen LogP contribution in [-0.2, 0) is 4.79 Å². The van der Waals surface area contributed by atoms with Crippen molar-refractivity contribution >= 4 is 5.97 Å². The van der Waals surface area contributed by atoms with Gasteiger partial charge in [0.05, 0.1) is 6.10 Å². The van der Waals surface area contributed by atoms with Crippen molar-refractivity contribution < 1.29 is 44.6 Å². The summed E-state index contributed by atoms with van der Waals surface area (Å²) in [4.78, 5) is 10.2. The molecule has 0 saturated carbocycles. The Morgan fingerprint density at radius 1 is 0.955 bits per heavy atom. The third-order valence-corrected chi connectivity index (χ3v) is 3.70. The minimum absolute atomic E-state index is 0. The predicted molar refractivity (Wildman–Crippen MR) is 85.8 cm³/mol. The van der Waals surface area contributed by atoms with Gasteiger partial charge in [-0.25, -0.2) is 0 Å². The number of hydrogen-bond acceptors (Lipinski definition) is 3. The van der Waals surface area contributed by atoms with Crippen LogP contribution in [0.25, 0.3) is 0 Å². The largest absolute Gasteiger partial charge is 1.00 e. The SMILES string of the molecule is CCCC(O)CCCC/C=C\CCCCCCCC(=O)[O-].[Na+]. The molecule has 0 aliphatic carbocycles. The van der Waals surface area contributed by atoms with Crippen LogP contribution < -0.4 is 34.7 Å². The molecule has 0 heterocycles. The van der Waals surface area contributed by atoms with E-state index in [1.807, 2.05) is 0 Å². The Labute approximate surface area is 158 Å². The topological polar surface area (TPSA) is 60.4 Å². The minimum atomic E-state index is -0.930. The van der Waals surface area contributed by atoms with Gasteiger partial charge in [-0.05, 0) is 51.4 Å². The molecule has 4 heteroatoms. The van der Waals surface area contributed by atoms with Crippen molar-refractivity contribution in [2.45, 2.75) is 96.5 Å². The maximum atomic E-state index is 10.2. The third-order valence-electron chi connectivity index (χ3n) is 3.70. The molecule has 0 bridgehead atoms. The zero-order chi connectivity index (χ0) is 15.8. The van der Waals surface area contributed by atoms with E-state index in [2.05, 4.69) is 19.1 Å². The third kappa shape index (κ3) is 20.2. The molecule has 124 valence electrons. The number of carbonyl (C=O) groups excluding carboxylic acids is 1. The predicted octanol–water partition coefficient (Wildman–Crippen LogP) is 0.749. The van der Waals surface area contributed by atoms with Crippen molar-refractivity contribution in [2.75, 3.05) is 0 Å². The van der Waals surface area contributed by atoms with Crippen LogP contribution in [-0.4, -0.2) is 17.2 Å². The van der Waals surface area contributed by atoms with Gasteiger partial charge < -0.3 is 15.0 Å². The van der Waals surface area contributed by atoms with Gasteiger partial charge in [0.1, 0.15) is 0 Å². The normalized spacial score (nSPS) is 12.3. The maximum absolute atomic E-state index is 10.2. The number of aliphatic hydroxyl groups is 1. The van der Waals surface area contributed by atoms with Crippen LogP contribution in [0.15, 0.2) is 12.2 Å². The summed E-state index contributed by atoms with van der Waals surface area (Å²) in [7, 11) is 0. The van der Waals surface area contributed by atoms with Crippen molar-refractivity contribution in [1.29, 1.82) is 0 Å². The second-order valence-corrected chi connectivity index (χ2v) is 5.88. The average Bonchev–Trinajstić information content (AvgIpc) is 2.44. The van der Waals surface area contributed by atoms with Crippen LogP contribution in [0.3, 0.4) is 0 Å². The number of hydrogen-bond donors (Lipinski definition) is 1. The van der Waals surface area contributed by atoms with Gasteiger partial charge in [0.2, 0.25) is 0 Å². The molecule has 0 aromatic heterocycles. The molecule has 22 heavy (non-hydrogen) atoms. The van der Waals surface area contributed by atoms with Crippen LogP contribution >= 0.6 is 0 Å². The van der Waals surface area contributed by atoms with E-state index in [4.69, 9.17) is 0 Å². The smallest absolute Gasteiger partial charge is 0.550 e. The Morgan fingerprint density at radius 3 is 2.09 bits per heavy atom. The molecular formula is C18H33NaO3. The first-order valence-corrected chi connectivity index (χ1v) is 8.69. The first-order valence-electron chi connectivity index (χ1n) is 8.69. The number of aliphatic carboxylic acids is 1. The molecular weight excluding hydrogens is 287 g/mol. The van der Waals surface area contributed by atoms with E-state index in [0.29, 0.717) is 0 Å². The molecule has 0 aromatic carbocycles. The zero-order valence-electron chi connectivity index (χ0n) is 14.7. The quantitative estimate of drug-likeness (QED) is 0.275. The molecule has 0 saturated heterocycles. The molecule has 0 fully saturated rings. The van der Waals surface area contributed by atoms with Gasteiger partial charge in [-0.1, -0.05) is 51.2 Å². The van der Waals surface area contributed by atoms with Crippen LogP contribution in [0, 0.1) is 0 Å². The van der Waals surface area contributed by atoms with Gasteiger partial charge in [-0.15, -0.1) is 0 Å². The summed E-state index contributed by atoms with van der Waals surface area (Å²) in [5, 5.41) is 19.8. The second-order valence-electron chi connectivity index (χ2n) is 5.88. The van der Waals surface area contributed by atoms with Gasteiger partial charge >= 0.3 is 29.6 Å². The van der Waals surface area contributed by atoms with Gasteiger partial charge in [0, 0.05) is 5.97 Å². The van der Waals surface area contributed by atoms with Crippen molar-refractivity contribution in [3.05, 3.63) is 12.2 Å². The Balaban J connectivity index is 0. The fourth-order valence-corrected chi connectivity index (χ4v) is 2.42. The number of aliphatic hydroxyl groups excluding tert-OH is 1. The van der Waals surface area contributed by atoms with E-state index in [-0.39, 0.29) is 42.1 Å². The van der Waals surface area contributed by atoms with E-state index >= 15 is 0 Å². The maximum Gasteiger partial charge on any atom is 1.00 e. The molecule has 0 rings (SSSR count). The van der Waals surface area contributed by atoms with E-state index in [0.717, 1.165) is 57.8 Å². The molecule has 1 N–H and O–H groups in total. The van der Waals surface area contributed by atoms with Crippen LogP contribution in [0.1, 0.15) is 90.4 Å². The second kappa shape index (κ2) is 19.2. The summed E-state index contributed by atoms with van der Waals surface area (Å²) >= 11 is 0. The summed E-state index contributed by atoms with van der Waals surface area (Å²) in [5.41, 5.74) is 0. The summed E-state index contributed by atoms with van der Waals surface area (Å²) < 4.78 is 0. The summed E-state index contributed by atoms with van der Waals surface area (Å²) in [5.74, 6) is -0.930. The molecule has 0 aromatic rings. The molecule has 1 unspecified atom stereocenters. The van der Waals surface area contributed by atoms with Crippen LogP contribution in [0.2, 0.25) is 0 Å². The van der Waals surface area contributed by atoms with Crippen molar-refractivity contribution in [2.24, 2.45) is 0 Å². The number of rotatable bonds is 15. The van der Waals surface area contributed by atoms with Gasteiger partial charge in [-0.3, -0.25) is 0 Å². The molecule has 0 aliphatic heterocycles. The Kier molecular flexibility index (Phi) is 21.3. The minimum Gasteiger partial charge on any atom is -0.550 e.